The maximum atomic E-state index is 11.5. The van der Waals surface area contributed by atoms with Gasteiger partial charge in [-0.05, 0) is 40.5 Å². The monoisotopic (exact) mass is 505 g/mol. The zero-order chi connectivity index (χ0) is 19.5. The Morgan fingerprint density at radius 3 is 1.81 bits per heavy atom. The SMILES string of the molecule is CCN(CCCNC(=NC)NCCCN(C(C)C)C(C)C)S(C)(=O)=O.I. The summed E-state index contributed by atoms with van der Waals surface area (Å²) in [6, 6.07) is 1.10. The summed E-state index contributed by atoms with van der Waals surface area (Å²) in [4.78, 5) is 6.68. The van der Waals surface area contributed by atoms with Crippen molar-refractivity contribution in [1.82, 2.24) is 19.8 Å². The van der Waals surface area contributed by atoms with E-state index in [1.807, 2.05) is 6.92 Å². The molecule has 7 nitrogen and oxygen atoms in total. The largest absolute Gasteiger partial charge is 0.356 e. The Kier molecular flexibility index (Phi) is 16.1. The molecule has 0 saturated carbocycles. The molecule has 0 atom stereocenters. The molecule has 0 radical (unpaired) electrons. The zero-order valence-electron chi connectivity index (χ0n) is 17.6. The quantitative estimate of drug-likeness (QED) is 0.184. The lowest BCUT2D eigenvalue weighted by Crippen LogP contribution is -2.42. The van der Waals surface area contributed by atoms with E-state index in [-0.39, 0.29) is 24.0 Å². The van der Waals surface area contributed by atoms with Crippen LogP contribution in [0.3, 0.4) is 0 Å². The predicted octanol–water partition coefficient (Wildman–Crippen LogP) is 1.95. The summed E-state index contributed by atoms with van der Waals surface area (Å²) in [6.45, 7) is 14.4. The predicted molar refractivity (Wildman–Crippen MR) is 123 cm³/mol. The highest BCUT2D eigenvalue weighted by Gasteiger charge is 2.14. The van der Waals surface area contributed by atoms with Gasteiger partial charge in [0.25, 0.3) is 0 Å². The molecule has 0 aliphatic rings. The van der Waals surface area contributed by atoms with Crippen LogP contribution < -0.4 is 10.6 Å². The summed E-state index contributed by atoms with van der Waals surface area (Å²) in [5.74, 6) is 0.767. The fraction of sp³-hybridized carbons (Fsp3) is 0.941. The Morgan fingerprint density at radius 1 is 1.00 bits per heavy atom. The normalized spacial score (nSPS) is 12.8. The minimum Gasteiger partial charge on any atom is -0.356 e. The van der Waals surface area contributed by atoms with E-state index in [0.29, 0.717) is 31.7 Å². The molecule has 0 saturated heterocycles. The van der Waals surface area contributed by atoms with Gasteiger partial charge in [-0.3, -0.25) is 9.89 Å². The number of rotatable bonds is 12. The molecular formula is C17H40IN5O2S. The number of aliphatic imine (C=N–C) groups is 1. The Balaban J connectivity index is 0. The van der Waals surface area contributed by atoms with Crippen molar-refractivity contribution in [2.24, 2.45) is 4.99 Å². The fourth-order valence-corrected chi connectivity index (χ4v) is 3.75. The minimum atomic E-state index is -3.11. The molecule has 0 bridgehead atoms. The van der Waals surface area contributed by atoms with Crippen molar-refractivity contribution in [1.29, 1.82) is 0 Å². The van der Waals surface area contributed by atoms with Gasteiger partial charge in [0.05, 0.1) is 6.26 Å². The molecule has 9 heteroatoms. The van der Waals surface area contributed by atoms with Gasteiger partial charge in [0, 0.05) is 51.9 Å². The Labute approximate surface area is 178 Å². The van der Waals surface area contributed by atoms with Crippen LogP contribution in [-0.2, 0) is 10.0 Å². The highest BCUT2D eigenvalue weighted by Crippen LogP contribution is 2.05. The van der Waals surface area contributed by atoms with Crippen molar-refractivity contribution in [3.05, 3.63) is 0 Å². The summed E-state index contributed by atoms with van der Waals surface area (Å²) < 4.78 is 24.6. The van der Waals surface area contributed by atoms with Crippen LogP contribution in [0.5, 0.6) is 0 Å². The molecular weight excluding hydrogens is 465 g/mol. The summed E-state index contributed by atoms with van der Waals surface area (Å²) in [6.07, 6.45) is 3.05. The van der Waals surface area contributed by atoms with E-state index in [4.69, 9.17) is 0 Å². The highest BCUT2D eigenvalue weighted by molar-refractivity contribution is 14.0. The summed E-state index contributed by atoms with van der Waals surface area (Å²) in [5, 5.41) is 6.55. The van der Waals surface area contributed by atoms with Crippen LogP contribution in [0.25, 0.3) is 0 Å². The van der Waals surface area contributed by atoms with Crippen molar-refractivity contribution in [3.63, 3.8) is 0 Å². The third kappa shape index (κ3) is 12.3. The average Bonchev–Trinajstić information content (AvgIpc) is 2.50. The first-order chi connectivity index (χ1) is 11.6. The molecule has 0 unspecified atom stereocenters. The van der Waals surface area contributed by atoms with Crippen molar-refractivity contribution < 1.29 is 8.42 Å². The lowest BCUT2D eigenvalue weighted by Gasteiger charge is -2.30. The molecule has 0 aromatic carbocycles. The molecule has 0 heterocycles. The van der Waals surface area contributed by atoms with Crippen LogP contribution in [0.4, 0.5) is 0 Å². The molecule has 0 aliphatic carbocycles. The van der Waals surface area contributed by atoms with Crippen molar-refractivity contribution >= 4 is 40.0 Å². The molecule has 0 amide bonds. The van der Waals surface area contributed by atoms with E-state index in [2.05, 4.69) is 48.2 Å². The van der Waals surface area contributed by atoms with Crippen LogP contribution in [0.2, 0.25) is 0 Å². The van der Waals surface area contributed by atoms with Crippen molar-refractivity contribution in [3.8, 4) is 0 Å². The summed E-state index contributed by atoms with van der Waals surface area (Å²) >= 11 is 0. The topological polar surface area (TPSA) is 77.0 Å². The first kappa shape index (κ1) is 28.1. The van der Waals surface area contributed by atoms with Crippen LogP contribution in [-0.4, -0.2) is 81.7 Å². The van der Waals surface area contributed by atoms with E-state index in [9.17, 15) is 8.42 Å². The number of nitrogens with zero attached hydrogens (tertiary/aromatic N) is 3. The highest BCUT2D eigenvalue weighted by atomic mass is 127. The standard InChI is InChI=1S/C17H39N5O2S.HI/c1-8-21(25(7,23)24)13-9-11-19-17(18-6)20-12-10-14-22(15(2)3)16(4)5;/h15-16H,8-14H2,1-7H3,(H2,18,19,20);1H. The molecule has 26 heavy (non-hydrogen) atoms. The second-order valence-corrected chi connectivity index (χ2v) is 8.80. The van der Waals surface area contributed by atoms with Gasteiger partial charge in [0.15, 0.2) is 5.96 Å². The first-order valence-electron chi connectivity index (χ1n) is 9.28. The third-order valence-corrected chi connectivity index (χ3v) is 5.51. The Hall–Kier alpha value is -0.130. The third-order valence-electron chi connectivity index (χ3n) is 4.13. The number of halogens is 1. The van der Waals surface area contributed by atoms with Gasteiger partial charge in [-0.2, -0.15) is 0 Å². The molecule has 2 N–H and O–H groups in total. The van der Waals surface area contributed by atoms with Gasteiger partial charge in [0.2, 0.25) is 10.0 Å². The Bertz CT molecular complexity index is 476. The second-order valence-electron chi connectivity index (χ2n) is 6.81. The molecule has 0 aliphatic heterocycles. The summed E-state index contributed by atoms with van der Waals surface area (Å²) in [7, 11) is -1.36. The van der Waals surface area contributed by atoms with Gasteiger partial charge in [0.1, 0.15) is 0 Å². The first-order valence-corrected chi connectivity index (χ1v) is 11.1. The van der Waals surface area contributed by atoms with Crippen LogP contribution in [0.15, 0.2) is 4.99 Å². The number of nitrogens with one attached hydrogen (secondary N) is 2. The van der Waals surface area contributed by atoms with Crippen LogP contribution in [0, 0.1) is 0 Å². The van der Waals surface area contributed by atoms with Crippen LogP contribution in [0.1, 0.15) is 47.5 Å². The second kappa shape index (κ2) is 14.9. The lowest BCUT2D eigenvalue weighted by molar-refractivity contribution is 0.173. The molecule has 158 valence electrons. The van der Waals surface area contributed by atoms with Crippen molar-refractivity contribution in [2.75, 3.05) is 46.0 Å². The summed E-state index contributed by atoms with van der Waals surface area (Å²) in [5.41, 5.74) is 0. The van der Waals surface area contributed by atoms with Gasteiger partial charge < -0.3 is 10.6 Å². The molecule has 0 aromatic rings. The zero-order valence-corrected chi connectivity index (χ0v) is 20.7. The number of hydrogen-bond acceptors (Lipinski definition) is 4. The number of guanidine groups is 1. The van der Waals surface area contributed by atoms with E-state index < -0.39 is 10.0 Å². The number of sulfonamides is 1. The van der Waals surface area contributed by atoms with Gasteiger partial charge >= 0.3 is 0 Å². The molecule has 0 rings (SSSR count). The van der Waals surface area contributed by atoms with Crippen molar-refractivity contribution in [2.45, 2.75) is 59.5 Å². The lowest BCUT2D eigenvalue weighted by atomic mass is 10.2. The van der Waals surface area contributed by atoms with Crippen LogP contribution >= 0.6 is 24.0 Å². The van der Waals surface area contributed by atoms with Gasteiger partial charge in [-0.15, -0.1) is 24.0 Å². The molecule has 0 fully saturated rings. The van der Waals surface area contributed by atoms with Gasteiger partial charge in [-0.1, -0.05) is 6.92 Å². The molecule has 0 spiro atoms. The van der Waals surface area contributed by atoms with Gasteiger partial charge in [-0.25, -0.2) is 12.7 Å². The maximum absolute atomic E-state index is 11.5. The van der Waals surface area contributed by atoms with E-state index in [1.165, 1.54) is 10.6 Å². The maximum Gasteiger partial charge on any atom is 0.211 e. The van der Waals surface area contributed by atoms with E-state index in [1.54, 1.807) is 7.05 Å². The van der Waals surface area contributed by atoms with E-state index in [0.717, 1.165) is 31.9 Å². The number of hydrogen-bond donors (Lipinski definition) is 2. The van der Waals surface area contributed by atoms with E-state index >= 15 is 0 Å². The Morgan fingerprint density at radius 2 is 1.46 bits per heavy atom. The molecule has 0 aromatic heterocycles. The average molecular weight is 506 g/mol. The fourth-order valence-electron chi connectivity index (χ4n) is 2.82. The minimum absolute atomic E-state index is 0. The smallest absolute Gasteiger partial charge is 0.211 e.